The summed E-state index contributed by atoms with van der Waals surface area (Å²) in [6.45, 7) is 2.46. The van der Waals surface area contributed by atoms with Gasteiger partial charge in [-0.2, -0.15) is 0 Å². The number of amides is 2. The van der Waals surface area contributed by atoms with Gasteiger partial charge in [0.25, 0.3) is 5.91 Å². The van der Waals surface area contributed by atoms with Gasteiger partial charge in [-0.1, -0.05) is 44.9 Å². The fourth-order valence-corrected chi connectivity index (χ4v) is 6.29. The lowest BCUT2D eigenvalue weighted by Gasteiger charge is -2.48. The van der Waals surface area contributed by atoms with Gasteiger partial charge in [0.05, 0.1) is 19.2 Å². The van der Waals surface area contributed by atoms with Crippen molar-refractivity contribution in [2.45, 2.75) is 102 Å². The van der Waals surface area contributed by atoms with Crippen molar-refractivity contribution in [1.82, 2.24) is 14.8 Å². The second-order valence-electron chi connectivity index (χ2n) is 10.4. The summed E-state index contributed by atoms with van der Waals surface area (Å²) in [5.74, 6) is 0.752. The number of hydrogen-bond donors (Lipinski definition) is 1. The van der Waals surface area contributed by atoms with Crippen LogP contribution in [0.3, 0.4) is 0 Å². The summed E-state index contributed by atoms with van der Waals surface area (Å²) in [6, 6.07) is 8.23. The zero-order valence-electron chi connectivity index (χ0n) is 20.1. The molecule has 2 aromatic rings. The van der Waals surface area contributed by atoms with Crippen LogP contribution in [-0.4, -0.2) is 46.0 Å². The first-order valence-corrected chi connectivity index (χ1v) is 12.8. The predicted molar refractivity (Wildman–Crippen MR) is 130 cm³/mol. The van der Waals surface area contributed by atoms with Gasteiger partial charge < -0.3 is 19.5 Å². The Bertz CT molecular complexity index is 1030. The molecule has 0 bridgehead atoms. The number of benzene rings is 1. The molecule has 6 heteroatoms. The van der Waals surface area contributed by atoms with Crippen LogP contribution in [0.5, 0.6) is 5.75 Å². The molecule has 6 nitrogen and oxygen atoms in total. The molecule has 2 aliphatic carbocycles. The van der Waals surface area contributed by atoms with E-state index in [-0.39, 0.29) is 23.9 Å². The molecule has 0 saturated heterocycles. The molecule has 1 atom stereocenters. The zero-order chi connectivity index (χ0) is 23.0. The molecule has 0 spiro atoms. The maximum atomic E-state index is 14.1. The largest absolute Gasteiger partial charge is 0.497 e. The van der Waals surface area contributed by atoms with Gasteiger partial charge in [0.15, 0.2) is 0 Å². The third kappa shape index (κ3) is 4.02. The van der Waals surface area contributed by atoms with E-state index in [1.165, 1.54) is 32.1 Å². The van der Waals surface area contributed by atoms with Crippen LogP contribution < -0.4 is 10.1 Å². The normalized spacial score (nSPS) is 25.0. The SMILES string of the molecule is COc1ccc2cc3n(c2c1)CC(C)(C(=O)NC1CCCCC1)N(C1CCCCCC1)C3=O. The first-order chi connectivity index (χ1) is 16.0. The van der Waals surface area contributed by atoms with Gasteiger partial charge in [-0.3, -0.25) is 9.59 Å². The van der Waals surface area contributed by atoms with E-state index < -0.39 is 5.54 Å². The molecule has 178 valence electrons. The van der Waals surface area contributed by atoms with Crippen LogP contribution in [0, 0.1) is 0 Å². The molecule has 2 heterocycles. The highest BCUT2D eigenvalue weighted by Crippen LogP contribution is 2.38. The van der Waals surface area contributed by atoms with Crippen molar-refractivity contribution < 1.29 is 14.3 Å². The van der Waals surface area contributed by atoms with E-state index in [1.54, 1.807) is 7.11 Å². The quantitative estimate of drug-likeness (QED) is 0.663. The minimum atomic E-state index is -0.911. The molecular formula is C27H37N3O3. The number of fused-ring (bicyclic) bond motifs is 3. The Hall–Kier alpha value is -2.50. The van der Waals surface area contributed by atoms with Crippen LogP contribution in [0.25, 0.3) is 10.9 Å². The molecule has 0 radical (unpaired) electrons. The Morgan fingerprint density at radius 2 is 1.67 bits per heavy atom. The lowest BCUT2D eigenvalue weighted by Crippen LogP contribution is -2.67. The average Bonchev–Trinajstić information content (AvgIpc) is 2.98. The van der Waals surface area contributed by atoms with Gasteiger partial charge in [-0.05, 0) is 50.8 Å². The van der Waals surface area contributed by atoms with Crippen LogP contribution >= 0.6 is 0 Å². The molecule has 33 heavy (non-hydrogen) atoms. The highest BCUT2D eigenvalue weighted by atomic mass is 16.5. The summed E-state index contributed by atoms with van der Waals surface area (Å²) >= 11 is 0. The summed E-state index contributed by atoms with van der Waals surface area (Å²) in [5, 5.41) is 4.37. The van der Waals surface area contributed by atoms with E-state index >= 15 is 0 Å². The molecular weight excluding hydrogens is 414 g/mol. The van der Waals surface area contributed by atoms with Gasteiger partial charge in [0.2, 0.25) is 5.91 Å². The summed E-state index contributed by atoms with van der Waals surface area (Å²) in [5.41, 5.74) is 0.728. The number of nitrogens with one attached hydrogen (secondary N) is 1. The topological polar surface area (TPSA) is 63.6 Å². The van der Waals surface area contributed by atoms with Crippen molar-refractivity contribution in [3.05, 3.63) is 30.0 Å². The molecule has 3 aliphatic rings. The minimum absolute atomic E-state index is 0.00222. The van der Waals surface area contributed by atoms with Crippen LogP contribution in [0.2, 0.25) is 0 Å². The fourth-order valence-electron chi connectivity index (χ4n) is 6.29. The molecule has 1 unspecified atom stereocenters. The Labute approximate surface area is 196 Å². The first kappa shape index (κ1) is 22.3. The van der Waals surface area contributed by atoms with Gasteiger partial charge >= 0.3 is 0 Å². The number of methoxy groups -OCH3 is 1. The highest BCUT2D eigenvalue weighted by molar-refractivity contribution is 6.04. The van der Waals surface area contributed by atoms with E-state index in [0.29, 0.717) is 12.2 Å². The monoisotopic (exact) mass is 451 g/mol. The Kier molecular flexibility index (Phi) is 6.11. The standard InChI is InChI=1S/C27H37N3O3/c1-27(26(32)28-20-10-6-5-7-11-20)18-29-23-17-22(33-2)15-14-19(23)16-24(29)25(31)30(27)21-12-8-3-4-9-13-21/h14-17,20-21H,3-13,18H2,1-2H3,(H,28,32). The molecule has 2 fully saturated rings. The van der Waals surface area contributed by atoms with Crippen LogP contribution in [0.4, 0.5) is 0 Å². The fraction of sp³-hybridized carbons (Fsp3) is 0.630. The molecule has 1 aromatic carbocycles. The predicted octanol–water partition coefficient (Wildman–Crippen LogP) is 5.04. The van der Waals surface area contributed by atoms with Crippen molar-refractivity contribution in [2.75, 3.05) is 7.11 Å². The van der Waals surface area contributed by atoms with Crippen molar-refractivity contribution in [3.63, 3.8) is 0 Å². The van der Waals surface area contributed by atoms with Gasteiger partial charge in [-0.15, -0.1) is 0 Å². The van der Waals surface area contributed by atoms with E-state index in [9.17, 15) is 9.59 Å². The van der Waals surface area contributed by atoms with Gasteiger partial charge in [0.1, 0.15) is 17.0 Å². The summed E-state index contributed by atoms with van der Waals surface area (Å²) in [6.07, 6.45) is 12.3. The van der Waals surface area contributed by atoms with E-state index in [2.05, 4.69) is 5.32 Å². The molecule has 2 saturated carbocycles. The van der Waals surface area contributed by atoms with Crippen molar-refractivity contribution >= 4 is 22.7 Å². The number of aromatic nitrogens is 1. The Balaban J connectivity index is 1.56. The maximum Gasteiger partial charge on any atom is 0.271 e. The van der Waals surface area contributed by atoms with E-state index in [4.69, 9.17) is 4.74 Å². The molecule has 1 aliphatic heterocycles. The van der Waals surface area contributed by atoms with Crippen LogP contribution in [0.15, 0.2) is 24.3 Å². The Morgan fingerprint density at radius 1 is 1.00 bits per heavy atom. The number of carbonyl (C=O) groups is 2. The average molecular weight is 452 g/mol. The van der Waals surface area contributed by atoms with Crippen molar-refractivity contribution in [1.29, 1.82) is 0 Å². The zero-order valence-corrected chi connectivity index (χ0v) is 20.1. The third-order valence-corrected chi connectivity index (χ3v) is 8.17. The summed E-state index contributed by atoms with van der Waals surface area (Å²) in [7, 11) is 1.65. The highest BCUT2D eigenvalue weighted by Gasteiger charge is 2.50. The lowest BCUT2D eigenvalue weighted by atomic mass is 9.89. The minimum Gasteiger partial charge on any atom is -0.497 e. The van der Waals surface area contributed by atoms with Crippen LogP contribution in [0.1, 0.15) is 88.0 Å². The van der Waals surface area contributed by atoms with E-state index in [1.807, 2.05) is 40.7 Å². The van der Waals surface area contributed by atoms with Gasteiger partial charge in [-0.25, -0.2) is 0 Å². The maximum absolute atomic E-state index is 14.1. The second kappa shape index (κ2) is 9.03. The first-order valence-electron chi connectivity index (χ1n) is 12.8. The smallest absolute Gasteiger partial charge is 0.271 e. The third-order valence-electron chi connectivity index (χ3n) is 8.17. The van der Waals surface area contributed by atoms with Crippen molar-refractivity contribution in [2.24, 2.45) is 0 Å². The van der Waals surface area contributed by atoms with Crippen molar-refractivity contribution in [3.8, 4) is 5.75 Å². The van der Waals surface area contributed by atoms with Crippen LogP contribution in [-0.2, 0) is 11.3 Å². The lowest BCUT2D eigenvalue weighted by molar-refractivity contribution is -0.135. The molecule has 1 N–H and O–H groups in total. The number of nitrogens with zero attached hydrogens (tertiary/aromatic N) is 2. The number of rotatable bonds is 4. The van der Waals surface area contributed by atoms with E-state index in [0.717, 1.165) is 55.2 Å². The summed E-state index contributed by atoms with van der Waals surface area (Å²) < 4.78 is 7.50. The number of ether oxygens (including phenoxy) is 1. The number of carbonyl (C=O) groups excluding carboxylic acids is 2. The molecule has 5 rings (SSSR count). The second-order valence-corrected chi connectivity index (χ2v) is 10.4. The Morgan fingerprint density at radius 3 is 2.36 bits per heavy atom. The van der Waals surface area contributed by atoms with Gasteiger partial charge in [0, 0.05) is 23.5 Å². The number of hydrogen-bond acceptors (Lipinski definition) is 3. The molecule has 1 aromatic heterocycles. The summed E-state index contributed by atoms with van der Waals surface area (Å²) in [4.78, 5) is 30.0. The molecule has 2 amide bonds.